The quantitative estimate of drug-likeness (QED) is 0.0890. The third kappa shape index (κ3) is 6.61. The summed E-state index contributed by atoms with van der Waals surface area (Å²) in [6.45, 7) is 12.5. The number of ketones is 1. The number of para-hydroxylation sites is 1. The maximum absolute atomic E-state index is 11.7. The van der Waals surface area contributed by atoms with Crippen LogP contribution in [0.25, 0.3) is 64.5 Å². The Balaban J connectivity index is 0.000000243. The number of carbonyl (C=O) groups is 1. The van der Waals surface area contributed by atoms with Crippen LogP contribution in [-0.2, 0) is 24.9 Å². The molecule has 0 fully saturated rings. The molecular formula is C41H42IrNO4S-. The molecule has 1 N–H and O–H groups in total. The molecule has 0 unspecified atom stereocenters. The minimum Gasteiger partial charge on any atom is -0.512 e. The van der Waals surface area contributed by atoms with Crippen molar-refractivity contribution >= 4 is 70.4 Å². The van der Waals surface area contributed by atoms with E-state index in [1.54, 1.807) is 11.3 Å². The molecule has 1 radical (unpaired) electrons. The number of aliphatic hydroxyl groups is 1. The zero-order valence-corrected chi connectivity index (χ0v) is 31.6. The Morgan fingerprint density at radius 1 is 0.875 bits per heavy atom. The van der Waals surface area contributed by atoms with E-state index >= 15 is 0 Å². The minimum atomic E-state index is 0. The number of thiophene rings is 1. The molecule has 0 amide bonds. The number of benzene rings is 3. The van der Waals surface area contributed by atoms with Crippen LogP contribution in [0.15, 0.2) is 87.5 Å². The van der Waals surface area contributed by atoms with Crippen LogP contribution < -0.4 is 0 Å². The predicted molar refractivity (Wildman–Crippen MR) is 196 cm³/mol. The number of rotatable bonds is 9. The van der Waals surface area contributed by atoms with E-state index in [4.69, 9.17) is 13.8 Å². The van der Waals surface area contributed by atoms with Crippen molar-refractivity contribution in [3.05, 3.63) is 90.3 Å². The fraction of sp³-hybridized carbons (Fsp3) is 0.317. The number of hydrogen-bond donors (Lipinski definition) is 1. The van der Waals surface area contributed by atoms with Crippen molar-refractivity contribution in [2.24, 2.45) is 11.8 Å². The van der Waals surface area contributed by atoms with E-state index in [2.05, 4.69) is 62.4 Å². The van der Waals surface area contributed by atoms with Gasteiger partial charge < -0.3 is 18.9 Å². The number of furan rings is 2. The number of hydrogen-bond acceptors (Lipinski definition) is 6. The first-order valence-corrected chi connectivity index (χ1v) is 17.6. The van der Waals surface area contributed by atoms with Crippen molar-refractivity contribution < 1.29 is 38.8 Å². The molecule has 48 heavy (non-hydrogen) atoms. The van der Waals surface area contributed by atoms with E-state index in [0.717, 1.165) is 64.3 Å². The summed E-state index contributed by atoms with van der Waals surface area (Å²) < 4.78 is 14.7. The minimum absolute atomic E-state index is 0. The SMILES string of the molecule is CC(C)c1cc(-c2nccc3c2sc2ccccc23)[c-]c2oc3oc4ccccc4c3c12.CCC(CC)C(=O)/C=C(\O)C(CC)CC.[Ir]. The molecule has 5 nitrogen and oxygen atoms in total. The molecule has 0 spiro atoms. The molecule has 7 aromatic rings. The van der Waals surface area contributed by atoms with Gasteiger partial charge in [0.2, 0.25) is 0 Å². The van der Waals surface area contributed by atoms with Crippen molar-refractivity contribution in [3.8, 4) is 11.3 Å². The number of fused-ring (bicyclic) bond motifs is 8. The van der Waals surface area contributed by atoms with Gasteiger partial charge in [0.1, 0.15) is 5.58 Å². The van der Waals surface area contributed by atoms with E-state index in [9.17, 15) is 9.90 Å². The van der Waals surface area contributed by atoms with Gasteiger partial charge in [-0.25, -0.2) is 0 Å². The molecule has 0 aliphatic heterocycles. The zero-order valence-electron chi connectivity index (χ0n) is 28.3. The van der Waals surface area contributed by atoms with Gasteiger partial charge in [0.15, 0.2) is 5.78 Å². The van der Waals surface area contributed by atoms with Crippen molar-refractivity contribution in [3.63, 3.8) is 0 Å². The summed E-state index contributed by atoms with van der Waals surface area (Å²) in [6.07, 6.45) is 6.80. The van der Waals surface area contributed by atoms with Gasteiger partial charge in [0, 0.05) is 70.1 Å². The van der Waals surface area contributed by atoms with E-state index < -0.39 is 0 Å². The first-order valence-electron chi connectivity index (χ1n) is 16.8. The average Bonchev–Trinajstić information content (AvgIpc) is 3.75. The molecule has 4 heterocycles. The van der Waals surface area contributed by atoms with E-state index in [1.165, 1.54) is 31.8 Å². The fourth-order valence-corrected chi connectivity index (χ4v) is 7.75. The van der Waals surface area contributed by atoms with Crippen LogP contribution in [0.2, 0.25) is 0 Å². The van der Waals surface area contributed by atoms with Gasteiger partial charge in [-0.3, -0.25) is 4.79 Å². The van der Waals surface area contributed by atoms with Gasteiger partial charge >= 0.3 is 0 Å². The van der Waals surface area contributed by atoms with Crippen molar-refractivity contribution in [1.29, 1.82) is 0 Å². The number of carbonyl (C=O) groups excluding carboxylic acids is 1. The van der Waals surface area contributed by atoms with Gasteiger partial charge in [-0.1, -0.05) is 84.0 Å². The molecule has 0 atom stereocenters. The molecule has 0 aliphatic rings. The number of aromatic nitrogens is 1. The van der Waals surface area contributed by atoms with Gasteiger partial charge in [-0.05, 0) is 66.0 Å². The van der Waals surface area contributed by atoms with Crippen molar-refractivity contribution in [1.82, 2.24) is 4.98 Å². The number of aliphatic hydroxyl groups excluding tert-OH is 1. The Hall–Kier alpha value is -3.77. The third-order valence-corrected chi connectivity index (χ3v) is 10.5. The van der Waals surface area contributed by atoms with Crippen LogP contribution in [0.4, 0.5) is 0 Å². The second-order valence-electron chi connectivity index (χ2n) is 12.5. The Morgan fingerprint density at radius 3 is 2.23 bits per heavy atom. The molecular weight excluding hydrogens is 795 g/mol. The van der Waals surface area contributed by atoms with Gasteiger partial charge in [0.05, 0.1) is 11.3 Å². The smallest absolute Gasteiger partial charge is 0.288 e. The number of nitrogens with zero attached hydrogens (tertiary/aromatic N) is 1. The Bertz CT molecular complexity index is 2230. The van der Waals surface area contributed by atoms with Gasteiger partial charge in [0.25, 0.3) is 5.78 Å². The van der Waals surface area contributed by atoms with Crippen LogP contribution in [-0.4, -0.2) is 15.9 Å². The largest absolute Gasteiger partial charge is 0.512 e. The molecule has 0 bridgehead atoms. The molecule has 7 rings (SSSR count). The topological polar surface area (TPSA) is 76.5 Å². The van der Waals surface area contributed by atoms with E-state index in [1.807, 2.05) is 52.1 Å². The van der Waals surface area contributed by atoms with Crippen LogP contribution >= 0.6 is 11.3 Å². The second kappa shape index (κ2) is 15.2. The summed E-state index contributed by atoms with van der Waals surface area (Å²) in [5, 5.41) is 15.5. The summed E-state index contributed by atoms with van der Waals surface area (Å²) >= 11 is 1.78. The van der Waals surface area contributed by atoms with Gasteiger partial charge in [-0.15, -0.1) is 28.5 Å². The van der Waals surface area contributed by atoms with E-state index in [0.29, 0.717) is 11.7 Å². The molecule has 0 aliphatic carbocycles. The summed E-state index contributed by atoms with van der Waals surface area (Å²) in [5.74, 6) is 1.41. The van der Waals surface area contributed by atoms with E-state index in [-0.39, 0.29) is 43.5 Å². The average molecular weight is 837 g/mol. The molecule has 251 valence electrons. The maximum Gasteiger partial charge on any atom is 0.288 e. The first-order chi connectivity index (χ1) is 22.8. The predicted octanol–water partition coefficient (Wildman–Crippen LogP) is 12.6. The molecule has 0 saturated carbocycles. The molecule has 3 aromatic carbocycles. The number of allylic oxidation sites excluding steroid dienone is 2. The maximum atomic E-state index is 11.7. The van der Waals surface area contributed by atoms with Crippen LogP contribution in [0.5, 0.6) is 0 Å². The standard InChI is InChI=1S/C28H18NO2S.C13H24O2.Ir/c1-15(2)20-13-16(26-27-18(11-12-29-26)17-7-4-6-10-23(17)32-27)14-22-24(20)25-19-8-3-5-9-21(19)30-28(25)31-22;1-5-10(6-2)12(14)9-13(15)11(7-3)8-4;/h3-13,15H,1-2H3;9-11,14H,5-8H2,1-4H3;/q-1;;/b;12-9-;. The first kappa shape index (κ1) is 35.5. The molecule has 0 saturated heterocycles. The second-order valence-corrected chi connectivity index (χ2v) is 13.5. The Kier molecular flexibility index (Phi) is 11.2. The zero-order chi connectivity index (χ0) is 33.2. The summed E-state index contributed by atoms with van der Waals surface area (Å²) in [6, 6.07) is 24.5. The number of pyridine rings is 1. The van der Waals surface area contributed by atoms with Gasteiger partial charge in [-0.2, -0.15) is 0 Å². The normalized spacial score (nSPS) is 12.1. The Morgan fingerprint density at radius 2 is 1.54 bits per heavy atom. The molecule has 7 heteroatoms. The summed E-state index contributed by atoms with van der Waals surface area (Å²) in [4.78, 5) is 16.5. The summed E-state index contributed by atoms with van der Waals surface area (Å²) in [7, 11) is 0. The van der Waals surface area contributed by atoms with Crippen molar-refractivity contribution in [2.45, 2.75) is 73.1 Å². The van der Waals surface area contributed by atoms with Crippen LogP contribution in [0.3, 0.4) is 0 Å². The van der Waals surface area contributed by atoms with Crippen LogP contribution in [0, 0.1) is 17.9 Å². The third-order valence-electron chi connectivity index (χ3n) is 9.32. The summed E-state index contributed by atoms with van der Waals surface area (Å²) in [5.41, 5.74) is 4.70. The molecule has 4 aromatic heterocycles. The van der Waals surface area contributed by atoms with Crippen LogP contribution in [0.1, 0.15) is 78.7 Å². The monoisotopic (exact) mass is 837 g/mol. The fourth-order valence-electron chi connectivity index (χ4n) is 6.54. The van der Waals surface area contributed by atoms with Crippen molar-refractivity contribution in [2.75, 3.05) is 0 Å². The Labute approximate surface area is 299 Å².